The Labute approximate surface area is 191 Å². The molecule has 174 valence electrons. The summed E-state index contributed by atoms with van der Waals surface area (Å²) < 4.78 is 11.2. The van der Waals surface area contributed by atoms with E-state index in [9.17, 15) is 14.9 Å². The first kappa shape index (κ1) is 25.9. The summed E-state index contributed by atoms with van der Waals surface area (Å²) in [4.78, 5) is 16.2. The van der Waals surface area contributed by atoms with E-state index in [0.29, 0.717) is 30.1 Å². The lowest BCUT2D eigenvalue weighted by Gasteiger charge is -2.38. The van der Waals surface area contributed by atoms with Gasteiger partial charge < -0.3 is 24.4 Å². The van der Waals surface area contributed by atoms with Crippen LogP contribution in [0.4, 0.5) is 4.79 Å². The molecule has 1 aliphatic rings. The molecule has 0 aromatic heterocycles. The summed E-state index contributed by atoms with van der Waals surface area (Å²) in [7, 11) is -1.27. The Morgan fingerprint density at radius 1 is 1.10 bits per heavy atom. The van der Waals surface area contributed by atoms with Crippen LogP contribution >= 0.6 is 11.6 Å². The summed E-state index contributed by atoms with van der Waals surface area (Å²) in [5.41, 5.74) is -1.19. The van der Waals surface area contributed by atoms with Gasteiger partial charge in [-0.15, -0.1) is 0 Å². The monoisotopic (exact) mass is 454 g/mol. The zero-order valence-electron chi connectivity index (χ0n) is 19.7. The smallest absolute Gasteiger partial charge is 0.444 e. The van der Waals surface area contributed by atoms with Crippen molar-refractivity contribution in [1.29, 1.82) is 0 Å². The van der Waals surface area contributed by atoms with Crippen LogP contribution in [0.5, 0.6) is 0 Å². The number of carbonyl (C=O) groups excluding carboxylic acids is 1. The van der Waals surface area contributed by atoms with Crippen LogP contribution in [0.25, 0.3) is 0 Å². The van der Waals surface area contributed by atoms with Crippen LogP contribution in [0.2, 0.25) is 5.02 Å². The molecule has 1 saturated heterocycles. The number of nitrogens with zero attached hydrogens (tertiary/aromatic N) is 2. The maximum absolute atomic E-state index is 12.2. The lowest BCUT2D eigenvalue weighted by Crippen LogP contribution is -2.53. The third-order valence-electron chi connectivity index (χ3n) is 5.64. The highest BCUT2D eigenvalue weighted by Gasteiger charge is 2.40. The van der Waals surface area contributed by atoms with Crippen LogP contribution < -0.4 is 5.46 Å². The van der Waals surface area contributed by atoms with Crippen LogP contribution in [0.1, 0.15) is 54.0 Å². The van der Waals surface area contributed by atoms with Gasteiger partial charge in [-0.3, -0.25) is 4.90 Å². The van der Waals surface area contributed by atoms with Crippen molar-refractivity contribution in [2.75, 3.05) is 26.2 Å². The van der Waals surface area contributed by atoms with Crippen LogP contribution in [-0.2, 0) is 15.9 Å². The molecule has 1 aliphatic heterocycles. The summed E-state index contributed by atoms with van der Waals surface area (Å²) in [6.07, 6.45) is -0.282. The maximum Gasteiger partial charge on any atom is 0.493 e. The average Bonchev–Trinajstić information content (AvgIpc) is 2.61. The second kappa shape index (κ2) is 9.67. The fraction of sp³-hybridized carbons (Fsp3) is 0.682. The number of aliphatic hydroxyl groups is 1. The van der Waals surface area contributed by atoms with E-state index in [1.165, 1.54) is 0 Å². The Kier molecular flexibility index (Phi) is 8.09. The number of benzene rings is 1. The van der Waals surface area contributed by atoms with Gasteiger partial charge in [-0.05, 0) is 60.1 Å². The van der Waals surface area contributed by atoms with Crippen molar-refractivity contribution in [3.05, 3.63) is 28.8 Å². The highest BCUT2D eigenvalue weighted by molar-refractivity contribution is 6.64. The molecule has 2 rings (SSSR count). The second-order valence-corrected chi connectivity index (χ2v) is 10.5. The number of halogens is 1. The summed E-state index contributed by atoms with van der Waals surface area (Å²) in [5.74, 6) is 0. The molecule has 1 amide bonds. The van der Waals surface area contributed by atoms with Crippen molar-refractivity contribution < 1.29 is 24.3 Å². The van der Waals surface area contributed by atoms with Gasteiger partial charge in [0.1, 0.15) is 5.60 Å². The third-order valence-corrected chi connectivity index (χ3v) is 5.98. The summed E-state index contributed by atoms with van der Waals surface area (Å²) in [5, 5.41) is 21.3. The Morgan fingerprint density at radius 3 is 2.19 bits per heavy atom. The zero-order valence-corrected chi connectivity index (χ0v) is 20.5. The minimum atomic E-state index is -1.27. The second-order valence-electron chi connectivity index (χ2n) is 10.1. The van der Waals surface area contributed by atoms with Crippen LogP contribution in [0.15, 0.2) is 18.2 Å². The molecule has 1 aromatic carbocycles. The van der Waals surface area contributed by atoms with E-state index >= 15 is 0 Å². The first-order valence-electron chi connectivity index (χ1n) is 10.7. The molecule has 2 N–H and O–H groups in total. The lowest BCUT2D eigenvalue weighted by atomic mass is 9.76. The van der Waals surface area contributed by atoms with Crippen molar-refractivity contribution in [2.45, 2.75) is 71.8 Å². The summed E-state index contributed by atoms with van der Waals surface area (Å²) in [6.45, 7) is 15.6. The normalized spacial score (nSPS) is 16.4. The Hall–Kier alpha value is -1.32. The van der Waals surface area contributed by atoms with Crippen LogP contribution in [0.3, 0.4) is 0 Å². The quantitative estimate of drug-likeness (QED) is 0.643. The average molecular weight is 455 g/mol. The Morgan fingerprint density at radius 2 is 1.68 bits per heavy atom. The molecule has 0 saturated carbocycles. The van der Waals surface area contributed by atoms with Gasteiger partial charge >= 0.3 is 13.2 Å². The van der Waals surface area contributed by atoms with Gasteiger partial charge in [0.05, 0.1) is 11.2 Å². The summed E-state index contributed by atoms with van der Waals surface area (Å²) >= 11 is 6.31. The number of ether oxygens (including phenoxy) is 1. The largest absolute Gasteiger partial charge is 0.493 e. The number of piperazine rings is 1. The van der Waals surface area contributed by atoms with Gasteiger partial charge in [0.25, 0.3) is 0 Å². The number of hydrogen-bond acceptors (Lipinski definition) is 6. The van der Waals surface area contributed by atoms with E-state index in [1.54, 1.807) is 38.7 Å². The molecular weight excluding hydrogens is 419 g/mol. The van der Waals surface area contributed by atoms with E-state index in [1.807, 2.05) is 32.9 Å². The molecular formula is C22H36BClN2O5. The molecule has 1 heterocycles. The number of hydrogen-bond donors (Lipinski definition) is 2. The van der Waals surface area contributed by atoms with E-state index in [4.69, 9.17) is 21.0 Å². The van der Waals surface area contributed by atoms with Gasteiger partial charge in [0.15, 0.2) is 0 Å². The molecule has 0 aliphatic carbocycles. The first-order valence-corrected chi connectivity index (χ1v) is 11.0. The highest BCUT2D eigenvalue weighted by Crippen LogP contribution is 2.26. The van der Waals surface area contributed by atoms with Gasteiger partial charge in [0.2, 0.25) is 0 Å². The van der Waals surface area contributed by atoms with Crippen LogP contribution in [0, 0.1) is 0 Å². The SMILES string of the molecule is CC(C)(C)OC(=O)N1CCN(Cc2ccc(Cl)c(B(O)OC(C)(C)C(C)(C)O)c2)CC1. The minimum Gasteiger partial charge on any atom is -0.444 e. The molecule has 0 unspecified atom stereocenters. The minimum absolute atomic E-state index is 0.282. The van der Waals surface area contributed by atoms with Crippen molar-refractivity contribution >= 4 is 30.3 Å². The van der Waals surface area contributed by atoms with E-state index in [0.717, 1.165) is 18.7 Å². The predicted octanol–water partition coefficient (Wildman–Crippen LogP) is 2.65. The number of amides is 1. The highest BCUT2D eigenvalue weighted by atomic mass is 35.5. The molecule has 31 heavy (non-hydrogen) atoms. The van der Waals surface area contributed by atoms with E-state index in [2.05, 4.69) is 4.90 Å². The molecule has 1 aromatic rings. The van der Waals surface area contributed by atoms with Gasteiger partial charge in [-0.1, -0.05) is 23.7 Å². The zero-order chi connectivity index (χ0) is 23.6. The Balaban J connectivity index is 1.99. The third kappa shape index (κ3) is 7.36. The lowest BCUT2D eigenvalue weighted by molar-refractivity contribution is -0.0982. The standard InChI is InChI=1S/C22H36BClN2O5/c1-20(2,3)30-19(27)26-12-10-25(11-13-26)15-16-8-9-18(24)17(14-16)23(29)31-22(6,7)21(4,5)28/h8-9,14,28-29H,10-13,15H2,1-7H3. The Bertz CT molecular complexity index is 768. The first-order chi connectivity index (χ1) is 14.1. The van der Waals surface area contributed by atoms with Crippen molar-refractivity contribution in [1.82, 2.24) is 9.80 Å². The maximum atomic E-state index is 12.2. The van der Waals surface area contributed by atoms with Crippen molar-refractivity contribution in [3.63, 3.8) is 0 Å². The van der Waals surface area contributed by atoms with Gasteiger partial charge in [0, 0.05) is 43.2 Å². The molecule has 0 bridgehead atoms. The predicted molar refractivity (Wildman–Crippen MR) is 124 cm³/mol. The number of carbonyl (C=O) groups is 1. The van der Waals surface area contributed by atoms with E-state index in [-0.39, 0.29) is 6.09 Å². The molecule has 1 fully saturated rings. The van der Waals surface area contributed by atoms with Crippen molar-refractivity contribution in [3.8, 4) is 0 Å². The van der Waals surface area contributed by atoms with Gasteiger partial charge in [-0.2, -0.15) is 0 Å². The fourth-order valence-electron chi connectivity index (χ4n) is 3.04. The molecule has 9 heteroatoms. The van der Waals surface area contributed by atoms with Crippen LogP contribution in [-0.4, -0.2) is 76.1 Å². The van der Waals surface area contributed by atoms with Crippen molar-refractivity contribution in [2.24, 2.45) is 0 Å². The molecule has 7 nitrogen and oxygen atoms in total. The summed E-state index contributed by atoms with van der Waals surface area (Å²) in [6, 6.07) is 5.49. The molecule has 0 spiro atoms. The molecule has 0 atom stereocenters. The number of rotatable bonds is 6. The van der Waals surface area contributed by atoms with Gasteiger partial charge in [-0.25, -0.2) is 4.79 Å². The fourth-order valence-corrected chi connectivity index (χ4v) is 3.25. The topological polar surface area (TPSA) is 82.5 Å². The molecule has 0 radical (unpaired) electrons. The van der Waals surface area contributed by atoms with E-state index < -0.39 is 23.9 Å².